The number of hydrogen-bond donors (Lipinski definition) is 1. The van der Waals surface area contributed by atoms with Crippen LogP contribution in [0.25, 0.3) is 11.3 Å². The van der Waals surface area contributed by atoms with E-state index in [9.17, 15) is 5.26 Å². The van der Waals surface area contributed by atoms with E-state index in [2.05, 4.69) is 23.5 Å². The Labute approximate surface area is 140 Å². The van der Waals surface area contributed by atoms with E-state index in [-0.39, 0.29) is 0 Å². The van der Waals surface area contributed by atoms with E-state index in [1.54, 1.807) is 6.26 Å². The molecule has 4 rings (SSSR count). The SMILES string of the molecule is N#Cc1c(NCc2ccco2)nc(-c2ccccc2)c2c1CCC2. The normalized spacial score (nSPS) is 12.6. The second kappa shape index (κ2) is 6.21. The number of rotatable bonds is 4. The van der Waals surface area contributed by atoms with E-state index < -0.39 is 0 Å². The van der Waals surface area contributed by atoms with Crippen molar-refractivity contribution in [1.29, 1.82) is 5.26 Å². The molecule has 1 N–H and O–H groups in total. The fraction of sp³-hybridized carbons (Fsp3) is 0.200. The van der Waals surface area contributed by atoms with E-state index in [0.29, 0.717) is 17.9 Å². The minimum atomic E-state index is 0.516. The number of aromatic nitrogens is 1. The molecule has 0 atom stereocenters. The fourth-order valence-electron chi connectivity index (χ4n) is 3.33. The molecule has 2 heterocycles. The lowest BCUT2D eigenvalue weighted by Gasteiger charge is -2.14. The van der Waals surface area contributed by atoms with Gasteiger partial charge >= 0.3 is 0 Å². The zero-order valence-corrected chi connectivity index (χ0v) is 13.2. The number of nitrogens with zero attached hydrogens (tertiary/aromatic N) is 2. The Hall–Kier alpha value is -3.06. The van der Waals surface area contributed by atoms with Gasteiger partial charge in [-0.05, 0) is 42.5 Å². The summed E-state index contributed by atoms with van der Waals surface area (Å²) in [4.78, 5) is 4.81. The highest BCUT2D eigenvalue weighted by Gasteiger charge is 2.24. The Bertz CT molecular complexity index is 893. The molecule has 0 aliphatic heterocycles. The second-order valence-electron chi connectivity index (χ2n) is 5.91. The zero-order chi connectivity index (χ0) is 16.4. The highest BCUT2D eigenvalue weighted by atomic mass is 16.3. The number of furan rings is 1. The number of nitrogens with one attached hydrogen (secondary N) is 1. The van der Waals surface area contributed by atoms with Crippen LogP contribution in [0.1, 0.15) is 28.9 Å². The third-order valence-electron chi connectivity index (χ3n) is 4.44. The Balaban J connectivity index is 1.79. The van der Waals surface area contributed by atoms with E-state index >= 15 is 0 Å². The standard InChI is InChI=1S/C20H17N3O/c21-12-18-16-9-4-10-17(16)19(14-6-2-1-3-7-14)23-20(18)22-13-15-8-5-11-24-15/h1-3,5-8,11H,4,9-10,13H2,(H,22,23). The number of nitriles is 1. The van der Waals surface area contributed by atoms with Crippen LogP contribution in [0.4, 0.5) is 5.82 Å². The topological polar surface area (TPSA) is 61.9 Å². The van der Waals surface area contributed by atoms with Gasteiger partial charge in [-0.3, -0.25) is 0 Å². The Kier molecular flexibility index (Phi) is 3.76. The Morgan fingerprint density at radius 2 is 1.92 bits per heavy atom. The Morgan fingerprint density at radius 3 is 2.67 bits per heavy atom. The predicted molar refractivity (Wildman–Crippen MR) is 92.4 cm³/mol. The monoisotopic (exact) mass is 315 g/mol. The summed E-state index contributed by atoms with van der Waals surface area (Å²) < 4.78 is 5.36. The van der Waals surface area contributed by atoms with Crippen molar-refractivity contribution in [2.24, 2.45) is 0 Å². The maximum absolute atomic E-state index is 9.65. The molecule has 0 radical (unpaired) electrons. The summed E-state index contributed by atoms with van der Waals surface area (Å²) in [6.07, 6.45) is 4.65. The fourth-order valence-corrected chi connectivity index (χ4v) is 3.33. The van der Waals surface area contributed by atoms with Crippen molar-refractivity contribution in [2.45, 2.75) is 25.8 Å². The summed E-state index contributed by atoms with van der Waals surface area (Å²) in [5.41, 5.74) is 5.13. The second-order valence-corrected chi connectivity index (χ2v) is 5.91. The van der Waals surface area contributed by atoms with Gasteiger partial charge in [-0.25, -0.2) is 4.98 Å². The minimum Gasteiger partial charge on any atom is -0.467 e. The van der Waals surface area contributed by atoms with Gasteiger partial charge in [0.25, 0.3) is 0 Å². The highest BCUT2D eigenvalue weighted by molar-refractivity contribution is 5.72. The van der Waals surface area contributed by atoms with Crippen LogP contribution in [0.3, 0.4) is 0 Å². The lowest BCUT2D eigenvalue weighted by Crippen LogP contribution is -2.07. The molecule has 118 valence electrons. The van der Waals surface area contributed by atoms with Gasteiger partial charge in [0.1, 0.15) is 17.6 Å². The molecule has 24 heavy (non-hydrogen) atoms. The average Bonchev–Trinajstić information content (AvgIpc) is 3.31. The van der Waals surface area contributed by atoms with Gasteiger partial charge < -0.3 is 9.73 Å². The van der Waals surface area contributed by atoms with Crippen molar-refractivity contribution in [3.05, 3.63) is 71.2 Å². The van der Waals surface area contributed by atoms with Gasteiger partial charge in [0.15, 0.2) is 0 Å². The molecular weight excluding hydrogens is 298 g/mol. The molecule has 1 aromatic carbocycles. The first kappa shape index (κ1) is 14.5. The number of anilines is 1. The van der Waals surface area contributed by atoms with Crippen LogP contribution in [-0.4, -0.2) is 4.98 Å². The summed E-state index contributed by atoms with van der Waals surface area (Å²) in [5.74, 6) is 1.47. The first-order valence-corrected chi connectivity index (χ1v) is 8.14. The molecule has 0 fully saturated rings. The number of hydrogen-bond acceptors (Lipinski definition) is 4. The molecule has 1 aliphatic rings. The van der Waals surface area contributed by atoms with Crippen LogP contribution >= 0.6 is 0 Å². The number of benzene rings is 1. The third kappa shape index (κ3) is 2.55. The van der Waals surface area contributed by atoms with E-state index in [1.807, 2.05) is 30.3 Å². The van der Waals surface area contributed by atoms with Crippen molar-refractivity contribution < 1.29 is 4.42 Å². The molecular formula is C20H17N3O. The number of pyridine rings is 1. The molecule has 4 heteroatoms. The maximum Gasteiger partial charge on any atom is 0.145 e. The van der Waals surface area contributed by atoms with Gasteiger partial charge in [0.2, 0.25) is 0 Å². The first-order chi connectivity index (χ1) is 11.9. The quantitative estimate of drug-likeness (QED) is 0.779. The maximum atomic E-state index is 9.65. The van der Waals surface area contributed by atoms with Gasteiger partial charge in [0.05, 0.1) is 24.1 Å². The third-order valence-corrected chi connectivity index (χ3v) is 4.44. The van der Waals surface area contributed by atoms with Crippen molar-refractivity contribution in [3.63, 3.8) is 0 Å². The molecule has 3 aromatic rings. The van der Waals surface area contributed by atoms with E-state index in [0.717, 1.165) is 41.8 Å². The van der Waals surface area contributed by atoms with Gasteiger partial charge in [-0.15, -0.1) is 0 Å². The molecule has 1 aliphatic carbocycles. The summed E-state index contributed by atoms with van der Waals surface area (Å²) in [6.45, 7) is 0.516. The Morgan fingerprint density at radius 1 is 1.08 bits per heavy atom. The molecule has 0 amide bonds. The predicted octanol–water partition coefficient (Wildman–Crippen LogP) is 4.31. The van der Waals surface area contributed by atoms with E-state index in [1.165, 1.54) is 5.56 Å². The van der Waals surface area contributed by atoms with Crippen LogP contribution in [0.15, 0.2) is 53.1 Å². The van der Waals surface area contributed by atoms with Crippen LogP contribution in [-0.2, 0) is 19.4 Å². The largest absolute Gasteiger partial charge is 0.467 e. The summed E-state index contributed by atoms with van der Waals surface area (Å²) >= 11 is 0. The van der Waals surface area contributed by atoms with Gasteiger partial charge in [-0.1, -0.05) is 30.3 Å². The summed E-state index contributed by atoms with van der Waals surface area (Å²) in [7, 11) is 0. The van der Waals surface area contributed by atoms with Crippen molar-refractivity contribution in [3.8, 4) is 17.3 Å². The zero-order valence-electron chi connectivity index (χ0n) is 13.2. The average molecular weight is 315 g/mol. The summed E-state index contributed by atoms with van der Waals surface area (Å²) in [6, 6.07) is 16.3. The van der Waals surface area contributed by atoms with Gasteiger partial charge in [0, 0.05) is 5.56 Å². The molecule has 0 bridgehead atoms. The molecule has 0 saturated carbocycles. The molecule has 0 spiro atoms. The van der Waals surface area contributed by atoms with Gasteiger partial charge in [-0.2, -0.15) is 5.26 Å². The number of fused-ring (bicyclic) bond motifs is 1. The smallest absolute Gasteiger partial charge is 0.145 e. The summed E-state index contributed by atoms with van der Waals surface area (Å²) in [5, 5.41) is 12.9. The highest BCUT2D eigenvalue weighted by Crippen LogP contribution is 2.36. The van der Waals surface area contributed by atoms with Crippen molar-refractivity contribution in [1.82, 2.24) is 4.98 Å². The van der Waals surface area contributed by atoms with Crippen LogP contribution < -0.4 is 5.32 Å². The van der Waals surface area contributed by atoms with Crippen LogP contribution in [0, 0.1) is 11.3 Å². The lowest BCUT2D eigenvalue weighted by atomic mass is 9.99. The molecule has 2 aromatic heterocycles. The molecule has 0 saturated heterocycles. The minimum absolute atomic E-state index is 0.516. The van der Waals surface area contributed by atoms with Crippen molar-refractivity contribution >= 4 is 5.82 Å². The van der Waals surface area contributed by atoms with E-state index in [4.69, 9.17) is 9.40 Å². The van der Waals surface area contributed by atoms with Crippen molar-refractivity contribution in [2.75, 3.05) is 5.32 Å². The van der Waals surface area contributed by atoms with Crippen LogP contribution in [0.5, 0.6) is 0 Å². The van der Waals surface area contributed by atoms with Crippen LogP contribution in [0.2, 0.25) is 0 Å². The lowest BCUT2D eigenvalue weighted by molar-refractivity contribution is 0.518. The first-order valence-electron chi connectivity index (χ1n) is 8.14. The molecule has 4 nitrogen and oxygen atoms in total. The molecule has 0 unspecified atom stereocenters.